The normalized spacial score (nSPS) is 13.7. The summed E-state index contributed by atoms with van der Waals surface area (Å²) in [7, 11) is 3.56. The van der Waals surface area contributed by atoms with Crippen LogP contribution in [0.15, 0.2) is 11.6 Å². The summed E-state index contributed by atoms with van der Waals surface area (Å²) < 4.78 is 0. The topological polar surface area (TPSA) is 20.3 Å². The molecule has 0 unspecified atom stereocenters. The van der Waals surface area contributed by atoms with Crippen molar-refractivity contribution in [2.24, 2.45) is 11.8 Å². The summed E-state index contributed by atoms with van der Waals surface area (Å²) >= 11 is 5.43. The second-order valence-corrected chi connectivity index (χ2v) is 3.93. The molecular formula is C10H18ClNO. The largest absolute Gasteiger partial charge is 0.349 e. The number of amides is 1. The number of nitrogens with zero attached hydrogens (tertiary/aromatic N) is 1. The predicted molar refractivity (Wildman–Crippen MR) is 56.6 cm³/mol. The van der Waals surface area contributed by atoms with Crippen molar-refractivity contribution >= 4 is 17.5 Å². The van der Waals surface area contributed by atoms with Crippen LogP contribution >= 0.6 is 11.6 Å². The Morgan fingerprint density at radius 3 is 2.31 bits per heavy atom. The van der Waals surface area contributed by atoms with E-state index < -0.39 is 0 Å². The van der Waals surface area contributed by atoms with E-state index in [0.717, 1.165) is 6.42 Å². The maximum absolute atomic E-state index is 11.6. The van der Waals surface area contributed by atoms with Gasteiger partial charge in [0.25, 0.3) is 0 Å². The fourth-order valence-electron chi connectivity index (χ4n) is 1.19. The third kappa shape index (κ3) is 4.32. The van der Waals surface area contributed by atoms with Crippen LogP contribution in [0.2, 0.25) is 0 Å². The van der Waals surface area contributed by atoms with E-state index in [-0.39, 0.29) is 11.8 Å². The van der Waals surface area contributed by atoms with Gasteiger partial charge >= 0.3 is 0 Å². The van der Waals surface area contributed by atoms with Crippen LogP contribution in [-0.2, 0) is 4.79 Å². The van der Waals surface area contributed by atoms with Gasteiger partial charge in [0.2, 0.25) is 5.91 Å². The van der Waals surface area contributed by atoms with Crippen LogP contribution in [0.4, 0.5) is 0 Å². The monoisotopic (exact) mass is 203 g/mol. The second-order valence-electron chi connectivity index (χ2n) is 3.68. The lowest BCUT2D eigenvalue weighted by Crippen LogP contribution is -2.32. The van der Waals surface area contributed by atoms with E-state index in [0.29, 0.717) is 5.92 Å². The maximum Gasteiger partial charge on any atom is 0.225 e. The van der Waals surface area contributed by atoms with E-state index in [1.165, 1.54) is 5.54 Å². The van der Waals surface area contributed by atoms with Gasteiger partial charge in [0.15, 0.2) is 0 Å². The Balaban J connectivity index is 4.33. The number of rotatable bonds is 4. The molecule has 1 amide bonds. The van der Waals surface area contributed by atoms with Crippen molar-refractivity contribution in [2.75, 3.05) is 14.1 Å². The number of hydrogen-bond acceptors (Lipinski definition) is 1. The smallest absolute Gasteiger partial charge is 0.225 e. The molecule has 0 saturated heterocycles. The lowest BCUT2D eigenvalue weighted by Gasteiger charge is -2.22. The molecule has 0 N–H and O–H groups in total. The molecule has 0 bridgehead atoms. The molecule has 0 aliphatic rings. The standard InChI is InChI=1S/C10H18ClNO/c1-8(2)9(6-5-7-11)10(13)12(3)4/h5,7-9H,6H2,1-4H3/t9-/m0/s1. The summed E-state index contributed by atoms with van der Waals surface area (Å²) in [5.41, 5.74) is 1.47. The first-order valence-corrected chi connectivity index (χ1v) is 4.90. The first-order chi connectivity index (χ1) is 6.00. The lowest BCUT2D eigenvalue weighted by atomic mass is 9.91. The molecule has 13 heavy (non-hydrogen) atoms. The molecule has 3 heteroatoms. The molecule has 0 aromatic rings. The lowest BCUT2D eigenvalue weighted by molar-refractivity contribution is -0.134. The minimum Gasteiger partial charge on any atom is -0.349 e. The van der Waals surface area contributed by atoms with E-state index in [2.05, 4.69) is 0 Å². The highest BCUT2D eigenvalue weighted by atomic mass is 35.5. The van der Waals surface area contributed by atoms with Gasteiger partial charge in [0.05, 0.1) is 0 Å². The molecule has 0 fully saturated rings. The first kappa shape index (κ1) is 12.5. The molecule has 0 aromatic carbocycles. The molecule has 0 aliphatic carbocycles. The number of allylic oxidation sites excluding steroid dienone is 1. The Morgan fingerprint density at radius 2 is 2.00 bits per heavy atom. The van der Waals surface area contributed by atoms with Crippen molar-refractivity contribution in [2.45, 2.75) is 20.3 Å². The van der Waals surface area contributed by atoms with Crippen molar-refractivity contribution in [1.82, 2.24) is 4.90 Å². The molecule has 76 valence electrons. The van der Waals surface area contributed by atoms with Crippen molar-refractivity contribution in [3.05, 3.63) is 11.6 Å². The fourth-order valence-corrected chi connectivity index (χ4v) is 1.29. The quantitative estimate of drug-likeness (QED) is 0.688. The van der Waals surface area contributed by atoms with Crippen molar-refractivity contribution in [1.29, 1.82) is 0 Å². The maximum atomic E-state index is 11.6. The molecule has 0 heterocycles. The van der Waals surface area contributed by atoms with E-state index in [9.17, 15) is 4.79 Å². The SMILES string of the molecule is CC(C)[C@H](CC=CCl)C(=O)N(C)C. The van der Waals surface area contributed by atoms with E-state index in [1.807, 2.05) is 19.9 Å². The Labute approximate surface area is 85.6 Å². The van der Waals surface area contributed by atoms with Gasteiger partial charge in [-0.3, -0.25) is 4.79 Å². The Bertz CT molecular complexity index is 187. The van der Waals surface area contributed by atoms with Crippen LogP contribution in [-0.4, -0.2) is 24.9 Å². The van der Waals surface area contributed by atoms with E-state index >= 15 is 0 Å². The molecule has 0 rings (SSSR count). The number of halogens is 1. The van der Waals surface area contributed by atoms with Gasteiger partial charge in [0, 0.05) is 25.5 Å². The van der Waals surface area contributed by atoms with Gasteiger partial charge in [0.1, 0.15) is 0 Å². The fraction of sp³-hybridized carbons (Fsp3) is 0.700. The zero-order chi connectivity index (χ0) is 10.4. The average Bonchev–Trinajstić information content (AvgIpc) is 2.04. The van der Waals surface area contributed by atoms with Gasteiger partial charge < -0.3 is 4.90 Å². The van der Waals surface area contributed by atoms with Crippen molar-refractivity contribution in [3.8, 4) is 0 Å². The van der Waals surface area contributed by atoms with Gasteiger partial charge in [-0.05, 0) is 12.3 Å². The number of carbonyl (C=O) groups is 1. The zero-order valence-corrected chi connectivity index (χ0v) is 9.51. The van der Waals surface area contributed by atoms with Crippen LogP contribution in [0.5, 0.6) is 0 Å². The zero-order valence-electron chi connectivity index (χ0n) is 8.75. The van der Waals surface area contributed by atoms with E-state index in [1.54, 1.807) is 19.0 Å². The highest BCUT2D eigenvalue weighted by Crippen LogP contribution is 2.18. The van der Waals surface area contributed by atoms with Gasteiger partial charge in [-0.1, -0.05) is 31.5 Å². The molecule has 2 nitrogen and oxygen atoms in total. The molecule has 0 spiro atoms. The highest BCUT2D eigenvalue weighted by molar-refractivity contribution is 6.25. The summed E-state index contributed by atoms with van der Waals surface area (Å²) in [6, 6.07) is 0. The Hall–Kier alpha value is -0.500. The van der Waals surface area contributed by atoms with Crippen LogP contribution < -0.4 is 0 Å². The highest BCUT2D eigenvalue weighted by Gasteiger charge is 2.21. The van der Waals surface area contributed by atoms with Crippen LogP contribution in [0.3, 0.4) is 0 Å². The van der Waals surface area contributed by atoms with Gasteiger partial charge in [-0.15, -0.1) is 0 Å². The second kappa shape index (κ2) is 6.03. The number of carbonyl (C=O) groups excluding carboxylic acids is 1. The summed E-state index contributed by atoms with van der Waals surface area (Å²) in [5, 5.41) is 0. The minimum atomic E-state index is 0.0463. The summed E-state index contributed by atoms with van der Waals surface area (Å²) in [6.07, 6.45) is 2.55. The van der Waals surface area contributed by atoms with Crippen LogP contribution in [0, 0.1) is 11.8 Å². The molecule has 0 saturated carbocycles. The van der Waals surface area contributed by atoms with Crippen molar-refractivity contribution in [3.63, 3.8) is 0 Å². The molecular weight excluding hydrogens is 186 g/mol. The molecule has 0 radical (unpaired) electrons. The number of hydrogen-bond donors (Lipinski definition) is 0. The first-order valence-electron chi connectivity index (χ1n) is 4.47. The third-order valence-corrected chi connectivity index (χ3v) is 2.22. The van der Waals surface area contributed by atoms with Crippen LogP contribution in [0.1, 0.15) is 20.3 Å². The summed E-state index contributed by atoms with van der Waals surface area (Å²) in [6.45, 7) is 4.10. The average molecular weight is 204 g/mol. The molecule has 0 aliphatic heterocycles. The third-order valence-electron chi connectivity index (χ3n) is 2.04. The van der Waals surface area contributed by atoms with E-state index in [4.69, 9.17) is 11.6 Å². The van der Waals surface area contributed by atoms with Gasteiger partial charge in [-0.25, -0.2) is 0 Å². The molecule has 0 aromatic heterocycles. The Kier molecular flexibility index (Phi) is 5.80. The summed E-state index contributed by atoms with van der Waals surface area (Å²) in [5.74, 6) is 0.567. The minimum absolute atomic E-state index is 0.0463. The van der Waals surface area contributed by atoms with Crippen molar-refractivity contribution < 1.29 is 4.79 Å². The molecule has 1 atom stereocenters. The van der Waals surface area contributed by atoms with Gasteiger partial charge in [-0.2, -0.15) is 0 Å². The van der Waals surface area contributed by atoms with Crippen LogP contribution in [0.25, 0.3) is 0 Å². The predicted octanol–water partition coefficient (Wildman–Crippen LogP) is 2.49. The summed E-state index contributed by atoms with van der Waals surface area (Å²) in [4.78, 5) is 13.3. The Morgan fingerprint density at radius 1 is 1.46 bits per heavy atom.